The Kier molecular flexibility index (Phi) is 6.17. The molecule has 1 N–H and O–H groups in total. The van der Waals surface area contributed by atoms with Gasteiger partial charge in [-0.1, -0.05) is 57.0 Å². The van der Waals surface area contributed by atoms with Crippen molar-refractivity contribution in [1.29, 1.82) is 0 Å². The first kappa shape index (κ1) is 13.2. The first-order chi connectivity index (χ1) is 7.80. The summed E-state index contributed by atoms with van der Waals surface area (Å²) in [5, 5.41) is 9.43. The molecule has 0 fully saturated rings. The van der Waals surface area contributed by atoms with Gasteiger partial charge in [0.05, 0.1) is 0 Å². The highest BCUT2D eigenvalue weighted by Crippen LogP contribution is 2.21. The quantitative estimate of drug-likeness (QED) is 0.743. The van der Waals surface area contributed by atoms with E-state index in [4.69, 9.17) is 0 Å². The van der Waals surface area contributed by atoms with Crippen LogP contribution in [-0.2, 0) is 6.42 Å². The lowest BCUT2D eigenvalue weighted by Gasteiger charge is -2.20. The van der Waals surface area contributed by atoms with Crippen LogP contribution in [0.25, 0.3) is 0 Å². The van der Waals surface area contributed by atoms with Gasteiger partial charge in [0.2, 0.25) is 0 Å². The number of aliphatic hydroxyl groups excluding tert-OH is 1. The lowest BCUT2D eigenvalue weighted by molar-refractivity contribution is 0.196. The molecule has 90 valence electrons. The van der Waals surface area contributed by atoms with Crippen molar-refractivity contribution in [3.05, 3.63) is 35.9 Å². The van der Waals surface area contributed by atoms with E-state index in [1.165, 1.54) is 18.4 Å². The Morgan fingerprint density at radius 3 is 2.12 bits per heavy atom. The maximum Gasteiger partial charge on any atom is 0.0462 e. The van der Waals surface area contributed by atoms with Crippen molar-refractivity contribution >= 4 is 0 Å². The van der Waals surface area contributed by atoms with Crippen LogP contribution in [0.3, 0.4) is 0 Å². The molecular weight excluding hydrogens is 196 g/mol. The molecule has 0 amide bonds. The van der Waals surface area contributed by atoms with Crippen molar-refractivity contribution in [3.8, 4) is 0 Å². The summed E-state index contributed by atoms with van der Waals surface area (Å²) in [5.74, 6) is 1.19. The van der Waals surface area contributed by atoms with Crippen LogP contribution in [0.2, 0.25) is 0 Å². The number of benzene rings is 1. The molecule has 1 nitrogen and oxygen atoms in total. The van der Waals surface area contributed by atoms with Crippen LogP contribution in [0.4, 0.5) is 0 Å². The van der Waals surface area contributed by atoms with E-state index in [0.717, 1.165) is 18.8 Å². The van der Waals surface area contributed by atoms with Gasteiger partial charge in [0, 0.05) is 6.61 Å². The van der Waals surface area contributed by atoms with Gasteiger partial charge in [-0.3, -0.25) is 0 Å². The largest absolute Gasteiger partial charge is 0.396 e. The molecule has 0 aliphatic heterocycles. The van der Waals surface area contributed by atoms with Gasteiger partial charge in [0.25, 0.3) is 0 Å². The minimum atomic E-state index is 0.311. The first-order valence-electron chi connectivity index (χ1n) is 6.44. The van der Waals surface area contributed by atoms with Gasteiger partial charge in [-0.2, -0.15) is 0 Å². The van der Waals surface area contributed by atoms with E-state index in [0.29, 0.717) is 12.5 Å². The van der Waals surface area contributed by atoms with E-state index in [9.17, 15) is 5.11 Å². The van der Waals surface area contributed by atoms with Crippen LogP contribution in [-0.4, -0.2) is 11.7 Å². The maximum absolute atomic E-state index is 9.43. The molecule has 16 heavy (non-hydrogen) atoms. The zero-order valence-corrected chi connectivity index (χ0v) is 10.5. The Morgan fingerprint density at radius 1 is 1.00 bits per heavy atom. The van der Waals surface area contributed by atoms with Crippen LogP contribution in [0.15, 0.2) is 30.3 Å². The zero-order valence-electron chi connectivity index (χ0n) is 10.5. The normalized spacial score (nSPS) is 13.0. The van der Waals surface area contributed by atoms with Crippen molar-refractivity contribution in [2.24, 2.45) is 11.8 Å². The molecule has 1 atom stereocenters. The Balaban J connectivity index is 2.49. The van der Waals surface area contributed by atoms with Gasteiger partial charge < -0.3 is 5.11 Å². The fraction of sp³-hybridized carbons (Fsp3) is 0.600. The Labute approximate surface area is 99.5 Å². The lowest BCUT2D eigenvalue weighted by atomic mass is 9.87. The average molecular weight is 220 g/mol. The topological polar surface area (TPSA) is 20.2 Å². The van der Waals surface area contributed by atoms with E-state index in [2.05, 4.69) is 38.1 Å². The number of hydrogen-bond donors (Lipinski definition) is 1. The molecule has 0 aromatic heterocycles. The Bertz CT molecular complexity index is 264. The third-order valence-electron chi connectivity index (χ3n) is 3.45. The van der Waals surface area contributed by atoms with Gasteiger partial charge in [0.15, 0.2) is 0 Å². The molecule has 1 rings (SSSR count). The molecule has 0 heterocycles. The monoisotopic (exact) mass is 220 g/mol. The molecule has 0 aliphatic rings. The van der Waals surface area contributed by atoms with Gasteiger partial charge in [0.1, 0.15) is 0 Å². The van der Waals surface area contributed by atoms with Gasteiger partial charge in [-0.15, -0.1) is 0 Å². The predicted molar refractivity (Wildman–Crippen MR) is 69.4 cm³/mol. The van der Waals surface area contributed by atoms with E-state index in [1.807, 2.05) is 6.07 Å². The molecule has 1 aromatic carbocycles. The van der Waals surface area contributed by atoms with Crippen molar-refractivity contribution in [1.82, 2.24) is 0 Å². The highest BCUT2D eigenvalue weighted by molar-refractivity contribution is 5.15. The van der Waals surface area contributed by atoms with Crippen molar-refractivity contribution in [2.75, 3.05) is 6.61 Å². The third-order valence-corrected chi connectivity index (χ3v) is 3.45. The smallest absolute Gasteiger partial charge is 0.0462 e. The summed E-state index contributed by atoms with van der Waals surface area (Å²) in [6.07, 6.45) is 4.61. The second-order valence-corrected chi connectivity index (χ2v) is 4.66. The average Bonchev–Trinajstić information content (AvgIpc) is 2.35. The van der Waals surface area contributed by atoms with Crippen LogP contribution >= 0.6 is 0 Å². The van der Waals surface area contributed by atoms with Gasteiger partial charge in [-0.25, -0.2) is 0 Å². The predicted octanol–water partition coefficient (Wildman–Crippen LogP) is 3.66. The van der Waals surface area contributed by atoms with E-state index < -0.39 is 0 Å². The molecule has 0 aliphatic carbocycles. The standard InChI is InChI=1S/C15H24O/c1-3-13(4-2)10-15(12-16)11-14-8-6-5-7-9-14/h5-9,13,15-16H,3-4,10-12H2,1-2H3. The summed E-state index contributed by atoms with van der Waals surface area (Å²) in [7, 11) is 0. The lowest BCUT2D eigenvalue weighted by Crippen LogP contribution is -2.14. The van der Waals surface area contributed by atoms with Gasteiger partial charge in [-0.05, 0) is 30.2 Å². The summed E-state index contributed by atoms with van der Waals surface area (Å²) in [4.78, 5) is 0. The number of hydrogen-bond acceptors (Lipinski definition) is 1. The zero-order chi connectivity index (χ0) is 11.8. The molecular formula is C15H24O. The second kappa shape index (κ2) is 7.45. The number of aliphatic hydroxyl groups is 1. The van der Waals surface area contributed by atoms with E-state index in [1.54, 1.807) is 0 Å². The first-order valence-corrected chi connectivity index (χ1v) is 6.44. The summed E-state index contributed by atoms with van der Waals surface area (Å²) >= 11 is 0. The molecule has 1 heteroatoms. The highest BCUT2D eigenvalue weighted by Gasteiger charge is 2.13. The second-order valence-electron chi connectivity index (χ2n) is 4.66. The SMILES string of the molecule is CCC(CC)CC(CO)Cc1ccccc1. The molecule has 0 saturated carbocycles. The molecule has 1 aromatic rings. The van der Waals surface area contributed by atoms with Crippen LogP contribution in [0.5, 0.6) is 0 Å². The highest BCUT2D eigenvalue weighted by atomic mass is 16.3. The molecule has 0 bridgehead atoms. The van der Waals surface area contributed by atoms with Gasteiger partial charge >= 0.3 is 0 Å². The van der Waals surface area contributed by atoms with Crippen molar-refractivity contribution in [2.45, 2.75) is 39.5 Å². The summed E-state index contributed by atoms with van der Waals surface area (Å²) < 4.78 is 0. The third kappa shape index (κ3) is 4.36. The molecule has 0 radical (unpaired) electrons. The Morgan fingerprint density at radius 2 is 1.62 bits per heavy atom. The minimum absolute atomic E-state index is 0.311. The molecule has 0 spiro atoms. The fourth-order valence-corrected chi connectivity index (χ4v) is 2.26. The van der Waals surface area contributed by atoms with Crippen LogP contribution < -0.4 is 0 Å². The molecule has 0 saturated heterocycles. The minimum Gasteiger partial charge on any atom is -0.396 e. The van der Waals surface area contributed by atoms with Crippen molar-refractivity contribution in [3.63, 3.8) is 0 Å². The maximum atomic E-state index is 9.43. The van der Waals surface area contributed by atoms with Crippen LogP contribution in [0, 0.1) is 11.8 Å². The summed E-state index contributed by atoms with van der Waals surface area (Å²) in [6, 6.07) is 10.5. The Hall–Kier alpha value is -0.820. The summed E-state index contributed by atoms with van der Waals surface area (Å²) in [5.41, 5.74) is 1.34. The summed E-state index contributed by atoms with van der Waals surface area (Å²) in [6.45, 7) is 4.79. The molecule has 1 unspecified atom stereocenters. The fourth-order valence-electron chi connectivity index (χ4n) is 2.26. The van der Waals surface area contributed by atoms with E-state index >= 15 is 0 Å². The number of rotatable bonds is 7. The van der Waals surface area contributed by atoms with Crippen molar-refractivity contribution < 1.29 is 5.11 Å². The van der Waals surface area contributed by atoms with E-state index in [-0.39, 0.29) is 0 Å². The van der Waals surface area contributed by atoms with Crippen LogP contribution in [0.1, 0.15) is 38.7 Å².